The minimum absolute atomic E-state index is 0.0363. The zero-order valence-corrected chi connectivity index (χ0v) is 15.3. The summed E-state index contributed by atoms with van der Waals surface area (Å²) in [5.41, 5.74) is -2.02. The van der Waals surface area contributed by atoms with Crippen LogP contribution in [0.15, 0.2) is 29.2 Å². The Bertz CT molecular complexity index is 1150. The largest absolute Gasteiger partial charge is 0.467 e. The summed E-state index contributed by atoms with van der Waals surface area (Å²) >= 11 is 0. The van der Waals surface area contributed by atoms with Gasteiger partial charge in [0.25, 0.3) is 0 Å². The fourth-order valence-electron chi connectivity index (χ4n) is 3.57. The second-order valence-corrected chi connectivity index (χ2v) is 6.70. The number of hydrogen-bond donors (Lipinski definition) is 0. The van der Waals surface area contributed by atoms with Gasteiger partial charge in [0.1, 0.15) is 11.9 Å². The highest BCUT2D eigenvalue weighted by Crippen LogP contribution is 2.32. The number of rotatable bonds is 3. The van der Waals surface area contributed by atoms with Gasteiger partial charge in [0, 0.05) is 23.6 Å². The monoisotopic (exact) mass is 407 g/mol. The Kier molecular flexibility index (Phi) is 4.59. The Morgan fingerprint density at radius 3 is 2.90 bits per heavy atom. The molecule has 1 aliphatic rings. The fourth-order valence-corrected chi connectivity index (χ4v) is 3.57. The summed E-state index contributed by atoms with van der Waals surface area (Å²) in [4.78, 5) is 32.3. The SMILES string of the molecule is COC(=O)C1CCCc2nn(Cc3cc4cccnc4nc3C(F)(F)F)c(=O)n21. The molecule has 0 fully saturated rings. The van der Waals surface area contributed by atoms with Crippen molar-refractivity contribution in [3.8, 4) is 0 Å². The molecule has 0 bridgehead atoms. The lowest BCUT2D eigenvalue weighted by Crippen LogP contribution is -2.35. The van der Waals surface area contributed by atoms with Crippen LogP contribution in [0.5, 0.6) is 0 Å². The van der Waals surface area contributed by atoms with E-state index in [0.717, 1.165) is 4.68 Å². The molecule has 0 spiro atoms. The molecule has 4 rings (SSSR count). The van der Waals surface area contributed by atoms with Gasteiger partial charge in [0.15, 0.2) is 11.3 Å². The van der Waals surface area contributed by atoms with Crippen LogP contribution in [0, 0.1) is 0 Å². The van der Waals surface area contributed by atoms with Gasteiger partial charge in [-0.1, -0.05) is 0 Å². The zero-order valence-electron chi connectivity index (χ0n) is 15.3. The Morgan fingerprint density at radius 2 is 2.17 bits per heavy atom. The summed E-state index contributed by atoms with van der Waals surface area (Å²) in [6, 6.07) is 3.66. The predicted octanol–water partition coefficient (Wildman–Crippen LogP) is 2.11. The molecule has 8 nitrogen and oxygen atoms in total. The third kappa shape index (κ3) is 3.36. The molecule has 0 amide bonds. The Morgan fingerprint density at radius 1 is 1.38 bits per heavy atom. The molecule has 4 heterocycles. The lowest BCUT2D eigenvalue weighted by Gasteiger charge is -2.20. The van der Waals surface area contributed by atoms with Gasteiger partial charge >= 0.3 is 17.8 Å². The summed E-state index contributed by atoms with van der Waals surface area (Å²) < 4.78 is 47.5. The number of alkyl halides is 3. The first-order valence-corrected chi connectivity index (χ1v) is 8.87. The van der Waals surface area contributed by atoms with Gasteiger partial charge < -0.3 is 4.74 Å². The number of carbonyl (C=O) groups is 1. The molecule has 0 saturated carbocycles. The number of halogens is 3. The minimum atomic E-state index is -4.72. The molecule has 3 aromatic rings. The van der Waals surface area contributed by atoms with E-state index in [-0.39, 0.29) is 11.2 Å². The van der Waals surface area contributed by atoms with E-state index in [1.165, 1.54) is 23.9 Å². The van der Waals surface area contributed by atoms with Crippen LogP contribution in [0.2, 0.25) is 0 Å². The van der Waals surface area contributed by atoms with Crippen molar-refractivity contribution in [2.45, 2.75) is 38.0 Å². The van der Waals surface area contributed by atoms with Gasteiger partial charge in [0.2, 0.25) is 0 Å². The fraction of sp³-hybridized carbons (Fsp3) is 0.389. The first-order chi connectivity index (χ1) is 13.8. The van der Waals surface area contributed by atoms with E-state index in [2.05, 4.69) is 15.1 Å². The minimum Gasteiger partial charge on any atom is -0.467 e. The van der Waals surface area contributed by atoms with Gasteiger partial charge in [-0.3, -0.25) is 4.57 Å². The standard InChI is InChI=1S/C18H16F3N5O3/c1-29-16(27)12-5-2-6-13-24-25(17(28)26(12)13)9-11-8-10-4-3-7-22-15(10)23-14(11)18(19,20)21/h3-4,7-8,12H,2,5-6,9H2,1H3. The molecular formula is C18H16F3N5O3. The van der Waals surface area contributed by atoms with Gasteiger partial charge in [-0.15, -0.1) is 0 Å². The number of hydrogen-bond acceptors (Lipinski definition) is 6. The molecule has 1 aliphatic heterocycles. The van der Waals surface area contributed by atoms with E-state index in [1.54, 1.807) is 12.1 Å². The summed E-state index contributed by atoms with van der Waals surface area (Å²) in [5.74, 6) is -0.234. The molecule has 0 saturated heterocycles. The van der Waals surface area contributed by atoms with Crippen LogP contribution in [0.4, 0.5) is 13.2 Å². The smallest absolute Gasteiger partial charge is 0.433 e. The number of nitrogens with zero attached hydrogens (tertiary/aromatic N) is 5. The first kappa shape index (κ1) is 19.1. The van der Waals surface area contributed by atoms with Crippen LogP contribution in [0.25, 0.3) is 11.0 Å². The average Bonchev–Trinajstić information content (AvgIpc) is 3.01. The molecule has 1 atom stereocenters. The molecule has 0 aliphatic carbocycles. The summed E-state index contributed by atoms with van der Waals surface area (Å²) in [7, 11) is 1.22. The van der Waals surface area contributed by atoms with Crippen molar-refractivity contribution in [1.82, 2.24) is 24.3 Å². The van der Waals surface area contributed by atoms with Crippen LogP contribution in [0.1, 0.15) is 36.0 Å². The third-order valence-electron chi connectivity index (χ3n) is 4.86. The Labute approximate surface area is 161 Å². The van der Waals surface area contributed by atoms with Gasteiger partial charge in [-0.05, 0) is 31.0 Å². The van der Waals surface area contributed by atoms with E-state index in [4.69, 9.17) is 4.74 Å². The number of aryl methyl sites for hydroxylation is 1. The van der Waals surface area contributed by atoms with Gasteiger partial charge in [-0.25, -0.2) is 24.2 Å². The number of esters is 1. The van der Waals surface area contributed by atoms with Crippen molar-refractivity contribution >= 4 is 17.0 Å². The molecule has 0 radical (unpaired) electrons. The van der Waals surface area contributed by atoms with E-state index >= 15 is 0 Å². The van der Waals surface area contributed by atoms with Crippen molar-refractivity contribution in [3.63, 3.8) is 0 Å². The summed E-state index contributed by atoms with van der Waals surface area (Å²) in [5, 5.41) is 4.58. The number of methoxy groups -OCH3 is 1. The molecule has 29 heavy (non-hydrogen) atoms. The van der Waals surface area contributed by atoms with Crippen molar-refractivity contribution in [2.75, 3.05) is 7.11 Å². The molecular weight excluding hydrogens is 391 g/mol. The number of carbonyl (C=O) groups excluding carboxylic acids is 1. The number of pyridine rings is 2. The van der Waals surface area contributed by atoms with Gasteiger partial charge in [-0.2, -0.15) is 18.3 Å². The molecule has 3 aromatic heterocycles. The van der Waals surface area contributed by atoms with E-state index in [0.29, 0.717) is 30.5 Å². The van der Waals surface area contributed by atoms with Crippen LogP contribution in [-0.4, -0.2) is 37.4 Å². The predicted molar refractivity (Wildman–Crippen MR) is 94.1 cm³/mol. The van der Waals surface area contributed by atoms with E-state index < -0.39 is 36.1 Å². The van der Waals surface area contributed by atoms with Crippen LogP contribution >= 0.6 is 0 Å². The summed E-state index contributed by atoms with van der Waals surface area (Å²) in [6.45, 7) is -0.431. The lowest BCUT2D eigenvalue weighted by molar-refractivity contribution is -0.145. The average molecular weight is 407 g/mol. The van der Waals surface area contributed by atoms with Crippen molar-refractivity contribution < 1.29 is 22.7 Å². The van der Waals surface area contributed by atoms with Crippen molar-refractivity contribution in [3.05, 3.63) is 52.0 Å². The molecule has 1 unspecified atom stereocenters. The summed E-state index contributed by atoms with van der Waals surface area (Å²) in [6.07, 6.45) is -1.90. The quantitative estimate of drug-likeness (QED) is 0.618. The highest BCUT2D eigenvalue weighted by atomic mass is 19.4. The van der Waals surface area contributed by atoms with Crippen LogP contribution in [-0.2, 0) is 28.7 Å². The Balaban J connectivity index is 1.81. The highest BCUT2D eigenvalue weighted by Gasteiger charge is 2.37. The second-order valence-electron chi connectivity index (χ2n) is 6.70. The molecule has 0 aromatic carbocycles. The molecule has 152 valence electrons. The van der Waals surface area contributed by atoms with Crippen molar-refractivity contribution in [2.24, 2.45) is 0 Å². The van der Waals surface area contributed by atoms with Gasteiger partial charge in [0.05, 0.1) is 13.7 Å². The number of fused-ring (bicyclic) bond motifs is 2. The number of ether oxygens (including phenoxy) is 1. The topological polar surface area (TPSA) is 91.9 Å². The van der Waals surface area contributed by atoms with Crippen LogP contribution < -0.4 is 5.69 Å². The van der Waals surface area contributed by atoms with E-state index in [1.807, 2.05) is 0 Å². The number of aromatic nitrogens is 5. The molecule has 11 heteroatoms. The normalized spacial score (nSPS) is 16.6. The molecule has 0 N–H and O–H groups in total. The van der Waals surface area contributed by atoms with Crippen molar-refractivity contribution in [1.29, 1.82) is 0 Å². The Hall–Kier alpha value is -3.24. The maximum Gasteiger partial charge on any atom is 0.433 e. The first-order valence-electron chi connectivity index (χ1n) is 8.87. The van der Waals surface area contributed by atoms with Crippen LogP contribution in [0.3, 0.4) is 0 Å². The highest BCUT2D eigenvalue weighted by molar-refractivity contribution is 5.75. The second kappa shape index (κ2) is 6.98. The third-order valence-corrected chi connectivity index (χ3v) is 4.86. The maximum atomic E-state index is 13.6. The van der Waals surface area contributed by atoms with E-state index in [9.17, 15) is 22.8 Å². The zero-order chi connectivity index (χ0) is 20.8. The lowest BCUT2D eigenvalue weighted by atomic mass is 10.1. The maximum absolute atomic E-state index is 13.6.